The minimum atomic E-state index is -0.403. The fraction of sp³-hybridized carbons (Fsp3) is 0.800. The summed E-state index contributed by atoms with van der Waals surface area (Å²) >= 11 is 0. The zero-order chi connectivity index (χ0) is 10.6. The average molecular weight is 195 g/mol. The lowest BCUT2D eigenvalue weighted by Gasteiger charge is -2.31. The molecule has 1 N–H and O–H groups in total. The molecule has 0 spiro atoms. The van der Waals surface area contributed by atoms with E-state index in [0.29, 0.717) is 5.92 Å². The van der Waals surface area contributed by atoms with Crippen molar-refractivity contribution in [3.8, 4) is 6.07 Å². The molecule has 1 heterocycles. The minimum Gasteiger partial charge on any atom is -0.325 e. The van der Waals surface area contributed by atoms with E-state index in [4.69, 9.17) is 5.26 Å². The molecule has 0 aromatic carbocycles. The van der Waals surface area contributed by atoms with Gasteiger partial charge < -0.3 is 10.2 Å². The zero-order valence-electron chi connectivity index (χ0n) is 8.79. The Labute approximate surface area is 84.9 Å². The summed E-state index contributed by atoms with van der Waals surface area (Å²) in [5.41, 5.74) is 0. The topological polar surface area (TPSA) is 56.1 Å². The fourth-order valence-corrected chi connectivity index (χ4v) is 1.68. The molecule has 2 atom stereocenters. The first-order valence-corrected chi connectivity index (χ1v) is 5.08. The highest BCUT2D eigenvalue weighted by Gasteiger charge is 2.21. The molecule has 1 rings (SSSR count). The molecule has 0 aromatic heterocycles. The van der Waals surface area contributed by atoms with E-state index in [1.807, 2.05) is 6.07 Å². The standard InChI is InChI=1S/C10H17N3O/c1-8-4-3-5-13(7-8)10(14)12-9(2)6-11/h8-9H,3-5,7H2,1-2H3,(H,12,14). The van der Waals surface area contributed by atoms with Crippen LogP contribution in [-0.2, 0) is 0 Å². The molecule has 2 amide bonds. The quantitative estimate of drug-likeness (QED) is 0.686. The lowest BCUT2D eigenvalue weighted by molar-refractivity contribution is 0.168. The largest absolute Gasteiger partial charge is 0.325 e. The number of hydrogen-bond acceptors (Lipinski definition) is 2. The van der Waals surface area contributed by atoms with Gasteiger partial charge in [0.2, 0.25) is 0 Å². The number of nitrogens with one attached hydrogen (secondary N) is 1. The molecule has 1 fully saturated rings. The number of amides is 2. The van der Waals surface area contributed by atoms with E-state index in [0.717, 1.165) is 19.5 Å². The number of nitriles is 1. The van der Waals surface area contributed by atoms with Gasteiger partial charge in [0.05, 0.1) is 6.07 Å². The lowest BCUT2D eigenvalue weighted by Crippen LogP contribution is -2.47. The highest BCUT2D eigenvalue weighted by atomic mass is 16.2. The van der Waals surface area contributed by atoms with E-state index in [-0.39, 0.29) is 6.03 Å². The maximum Gasteiger partial charge on any atom is 0.318 e. The first-order chi connectivity index (χ1) is 6.63. The molecule has 1 saturated heterocycles. The molecule has 0 bridgehead atoms. The number of rotatable bonds is 1. The van der Waals surface area contributed by atoms with Gasteiger partial charge in [-0.1, -0.05) is 6.92 Å². The van der Waals surface area contributed by atoms with Crippen LogP contribution in [-0.4, -0.2) is 30.1 Å². The van der Waals surface area contributed by atoms with E-state index < -0.39 is 6.04 Å². The molecular weight excluding hydrogens is 178 g/mol. The van der Waals surface area contributed by atoms with Gasteiger partial charge >= 0.3 is 6.03 Å². The zero-order valence-corrected chi connectivity index (χ0v) is 8.79. The molecule has 0 aliphatic carbocycles. The van der Waals surface area contributed by atoms with Crippen molar-refractivity contribution in [2.75, 3.05) is 13.1 Å². The molecule has 1 aliphatic rings. The maximum atomic E-state index is 11.6. The Kier molecular flexibility index (Phi) is 3.75. The SMILES string of the molecule is CC1CCCN(C(=O)NC(C)C#N)C1. The highest BCUT2D eigenvalue weighted by molar-refractivity contribution is 5.74. The van der Waals surface area contributed by atoms with Gasteiger partial charge in [-0.05, 0) is 25.7 Å². The van der Waals surface area contributed by atoms with E-state index in [9.17, 15) is 4.79 Å². The molecule has 0 aromatic rings. The van der Waals surface area contributed by atoms with Crippen LogP contribution in [0, 0.1) is 17.2 Å². The Balaban J connectivity index is 2.40. The van der Waals surface area contributed by atoms with Gasteiger partial charge in [-0.2, -0.15) is 5.26 Å². The number of hydrogen-bond donors (Lipinski definition) is 1. The van der Waals surface area contributed by atoms with E-state index in [2.05, 4.69) is 12.2 Å². The Morgan fingerprint density at radius 3 is 3.00 bits per heavy atom. The molecule has 0 radical (unpaired) electrons. The molecule has 0 saturated carbocycles. The molecule has 78 valence electrons. The second-order valence-corrected chi connectivity index (χ2v) is 3.99. The number of likely N-dealkylation sites (tertiary alicyclic amines) is 1. The van der Waals surface area contributed by atoms with Crippen molar-refractivity contribution in [2.24, 2.45) is 5.92 Å². The minimum absolute atomic E-state index is 0.106. The van der Waals surface area contributed by atoms with E-state index in [1.54, 1.807) is 11.8 Å². The van der Waals surface area contributed by atoms with Crippen LogP contribution in [0.2, 0.25) is 0 Å². The number of piperidine rings is 1. The molecule has 14 heavy (non-hydrogen) atoms. The Hall–Kier alpha value is -1.24. The van der Waals surface area contributed by atoms with Crippen LogP contribution < -0.4 is 5.32 Å². The van der Waals surface area contributed by atoms with Gasteiger partial charge in [0, 0.05) is 13.1 Å². The second-order valence-electron chi connectivity index (χ2n) is 3.99. The first kappa shape index (κ1) is 10.8. The Morgan fingerprint density at radius 2 is 2.43 bits per heavy atom. The van der Waals surface area contributed by atoms with Crippen molar-refractivity contribution in [3.05, 3.63) is 0 Å². The summed E-state index contributed by atoms with van der Waals surface area (Å²) in [6, 6.07) is 1.48. The summed E-state index contributed by atoms with van der Waals surface area (Å²) in [4.78, 5) is 13.4. The van der Waals surface area contributed by atoms with Gasteiger partial charge in [0.15, 0.2) is 0 Å². The summed E-state index contributed by atoms with van der Waals surface area (Å²) in [6.07, 6.45) is 2.26. The summed E-state index contributed by atoms with van der Waals surface area (Å²) in [7, 11) is 0. The fourth-order valence-electron chi connectivity index (χ4n) is 1.68. The molecule has 1 aliphatic heterocycles. The van der Waals surface area contributed by atoms with Crippen molar-refractivity contribution < 1.29 is 4.79 Å². The van der Waals surface area contributed by atoms with Crippen LogP contribution >= 0.6 is 0 Å². The number of urea groups is 1. The molecule has 4 heteroatoms. The third-order valence-electron chi connectivity index (χ3n) is 2.48. The van der Waals surface area contributed by atoms with Gasteiger partial charge in [0.25, 0.3) is 0 Å². The summed E-state index contributed by atoms with van der Waals surface area (Å²) in [5.74, 6) is 0.576. The average Bonchev–Trinajstić information content (AvgIpc) is 2.17. The smallest absolute Gasteiger partial charge is 0.318 e. The predicted molar refractivity (Wildman–Crippen MR) is 53.6 cm³/mol. The monoisotopic (exact) mass is 195 g/mol. The van der Waals surface area contributed by atoms with Gasteiger partial charge in [-0.3, -0.25) is 0 Å². The molecule has 4 nitrogen and oxygen atoms in total. The first-order valence-electron chi connectivity index (χ1n) is 5.08. The van der Waals surface area contributed by atoms with Gasteiger partial charge in [0.1, 0.15) is 6.04 Å². The van der Waals surface area contributed by atoms with Gasteiger partial charge in [-0.25, -0.2) is 4.79 Å². The van der Waals surface area contributed by atoms with E-state index in [1.165, 1.54) is 6.42 Å². The van der Waals surface area contributed by atoms with Crippen LogP contribution in [0.5, 0.6) is 0 Å². The maximum absolute atomic E-state index is 11.6. The summed E-state index contributed by atoms with van der Waals surface area (Å²) in [5, 5.41) is 11.2. The Bertz CT molecular complexity index is 246. The molecule has 2 unspecified atom stereocenters. The van der Waals surface area contributed by atoms with Gasteiger partial charge in [-0.15, -0.1) is 0 Å². The van der Waals surface area contributed by atoms with Crippen LogP contribution in [0.3, 0.4) is 0 Å². The number of carbonyl (C=O) groups is 1. The second kappa shape index (κ2) is 4.85. The summed E-state index contributed by atoms with van der Waals surface area (Å²) in [6.45, 7) is 5.46. The number of nitrogens with zero attached hydrogens (tertiary/aromatic N) is 2. The normalized spacial score (nSPS) is 23.8. The van der Waals surface area contributed by atoms with Crippen molar-refractivity contribution in [1.82, 2.24) is 10.2 Å². The number of carbonyl (C=O) groups excluding carboxylic acids is 1. The lowest BCUT2D eigenvalue weighted by atomic mass is 10.0. The predicted octanol–water partition coefficient (Wildman–Crippen LogP) is 1.34. The van der Waals surface area contributed by atoms with Crippen LogP contribution in [0.15, 0.2) is 0 Å². The van der Waals surface area contributed by atoms with Crippen molar-refractivity contribution in [3.63, 3.8) is 0 Å². The van der Waals surface area contributed by atoms with Crippen molar-refractivity contribution in [1.29, 1.82) is 5.26 Å². The van der Waals surface area contributed by atoms with Crippen molar-refractivity contribution >= 4 is 6.03 Å². The van der Waals surface area contributed by atoms with Crippen LogP contribution in [0.4, 0.5) is 4.79 Å². The van der Waals surface area contributed by atoms with Crippen LogP contribution in [0.25, 0.3) is 0 Å². The summed E-state index contributed by atoms with van der Waals surface area (Å²) < 4.78 is 0. The third kappa shape index (κ3) is 2.91. The van der Waals surface area contributed by atoms with Crippen LogP contribution in [0.1, 0.15) is 26.7 Å². The van der Waals surface area contributed by atoms with E-state index >= 15 is 0 Å². The highest BCUT2D eigenvalue weighted by Crippen LogP contribution is 2.15. The molecular formula is C10H17N3O. The third-order valence-corrected chi connectivity index (χ3v) is 2.48. The van der Waals surface area contributed by atoms with Crippen molar-refractivity contribution in [2.45, 2.75) is 32.7 Å². The Morgan fingerprint density at radius 1 is 1.71 bits per heavy atom.